The highest BCUT2D eigenvalue weighted by atomic mass is 32.2. The van der Waals surface area contributed by atoms with Crippen molar-refractivity contribution in [3.63, 3.8) is 0 Å². The van der Waals surface area contributed by atoms with E-state index in [-0.39, 0.29) is 17.3 Å². The van der Waals surface area contributed by atoms with Crippen LogP contribution in [0.5, 0.6) is 0 Å². The van der Waals surface area contributed by atoms with Crippen molar-refractivity contribution in [1.29, 1.82) is 0 Å². The van der Waals surface area contributed by atoms with Crippen molar-refractivity contribution >= 4 is 27.5 Å². The molecule has 0 aromatic heterocycles. The smallest absolute Gasteiger partial charge is 0.264 e. The van der Waals surface area contributed by atoms with E-state index in [0.29, 0.717) is 24.2 Å². The first-order valence-corrected chi connectivity index (χ1v) is 13.6. The van der Waals surface area contributed by atoms with E-state index in [4.69, 9.17) is 0 Å². The Kier molecular flexibility index (Phi) is 9.41. The van der Waals surface area contributed by atoms with Gasteiger partial charge in [-0.3, -0.25) is 13.9 Å². The lowest BCUT2D eigenvalue weighted by Crippen LogP contribution is -2.51. The van der Waals surface area contributed by atoms with Crippen LogP contribution in [0.2, 0.25) is 0 Å². The third kappa shape index (κ3) is 6.74. The maximum atomic E-state index is 13.8. The molecule has 3 rings (SSSR count). The molecule has 2 amide bonds. The molecule has 0 heterocycles. The van der Waals surface area contributed by atoms with E-state index in [1.165, 1.54) is 41.3 Å². The third-order valence-corrected chi connectivity index (χ3v) is 7.81. The first-order valence-electron chi connectivity index (χ1n) is 12.2. The second kappa shape index (κ2) is 12.5. The molecule has 0 saturated carbocycles. The fourth-order valence-electron chi connectivity index (χ4n) is 3.98. The SMILES string of the molecule is CCNC(=O)[C@@H](C)N(Cc1ccc(F)cc1)C(=O)CN(c1ccccc1CC)S(=O)(=O)c1ccccc1. The van der Waals surface area contributed by atoms with Crippen LogP contribution in [0.1, 0.15) is 31.9 Å². The normalized spacial score (nSPS) is 12.0. The predicted molar refractivity (Wildman–Crippen MR) is 142 cm³/mol. The number of nitrogens with zero attached hydrogens (tertiary/aromatic N) is 2. The highest BCUT2D eigenvalue weighted by molar-refractivity contribution is 7.92. The van der Waals surface area contributed by atoms with Crippen LogP contribution < -0.4 is 9.62 Å². The fourth-order valence-corrected chi connectivity index (χ4v) is 5.45. The summed E-state index contributed by atoms with van der Waals surface area (Å²) in [6.07, 6.45) is 0.555. The molecule has 0 aliphatic carbocycles. The van der Waals surface area contributed by atoms with Gasteiger partial charge in [0.15, 0.2) is 0 Å². The van der Waals surface area contributed by atoms with E-state index in [1.807, 2.05) is 19.1 Å². The zero-order valence-corrected chi connectivity index (χ0v) is 22.0. The van der Waals surface area contributed by atoms with Crippen LogP contribution in [0.15, 0.2) is 83.8 Å². The number of para-hydroxylation sites is 1. The summed E-state index contributed by atoms with van der Waals surface area (Å²) < 4.78 is 42.2. The number of aryl methyl sites for hydroxylation is 1. The Balaban J connectivity index is 2.05. The Hall–Kier alpha value is -3.72. The lowest BCUT2D eigenvalue weighted by atomic mass is 10.1. The van der Waals surface area contributed by atoms with Crippen molar-refractivity contribution in [1.82, 2.24) is 10.2 Å². The van der Waals surface area contributed by atoms with E-state index >= 15 is 0 Å². The standard InChI is InChI=1S/C28H32FN3O4S/c1-4-23-11-9-10-14-26(23)32(37(35,36)25-12-7-6-8-13-25)20-27(33)31(21(3)28(34)30-5-2)19-22-15-17-24(29)18-16-22/h6-18,21H,4-5,19-20H2,1-3H3,(H,30,34)/t21-/m1/s1. The first kappa shape index (κ1) is 27.9. The number of sulfonamides is 1. The second-order valence-corrected chi connectivity index (χ2v) is 10.4. The van der Waals surface area contributed by atoms with Gasteiger partial charge < -0.3 is 10.2 Å². The third-order valence-electron chi connectivity index (χ3n) is 6.04. The maximum absolute atomic E-state index is 13.8. The number of anilines is 1. The van der Waals surface area contributed by atoms with Crippen LogP contribution in [-0.4, -0.2) is 44.3 Å². The second-order valence-electron chi connectivity index (χ2n) is 8.53. The van der Waals surface area contributed by atoms with Crippen LogP contribution in [-0.2, 0) is 32.6 Å². The minimum Gasteiger partial charge on any atom is -0.355 e. The van der Waals surface area contributed by atoms with Gasteiger partial charge in [-0.05, 0) is 61.7 Å². The van der Waals surface area contributed by atoms with Gasteiger partial charge in [0.1, 0.15) is 18.4 Å². The van der Waals surface area contributed by atoms with Gasteiger partial charge in [-0.2, -0.15) is 0 Å². The summed E-state index contributed by atoms with van der Waals surface area (Å²) in [6, 6.07) is 19.7. The van der Waals surface area contributed by atoms with E-state index in [0.717, 1.165) is 9.87 Å². The minimum absolute atomic E-state index is 0.00602. The van der Waals surface area contributed by atoms with Crippen LogP contribution >= 0.6 is 0 Å². The largest absolute Gasteiger partial charge is 0.355 e. The molecule has 0 spiro atoms. The molecule has 9 heteroatoms. The maximum Gasteiger partial charge on any atom is 0.264 e. The molecule has 7 nitrogen and oxygen atoms in total. The number of nitrogens with one attached hydrogen (secondary N) is 1. The fraction of sp³-hybridized carbons (Fsp3) is 0.286. The van der Waals surface area contributed by atoms with E-state index in [9.17, 15) is 22.4 Å². The highest BCUT2D eigenvalue weighted by Gasteiger charge is 2.33. The van der Waals surface area contributed by atoms with Crippen molar-refractivity contribution in [2.24, 2.45) is 0 Å². The van der Waals surface area contributed by atoms with Gasteiger partial charge in [-0.1, -0.05) is 55.5 Å². The van der Waals surface area contributed by atoms with Crippen LogP contribution in [0.4, 0.5) is 10.1 Å². The number of hydrogen-bond donors (Lipinski definition) is 1. The first-order chi connectivity index (χ1) is 17.7. The Bertz CT molecular complexity index is 1310. The van der Waals surface area contributed by atoms with Crippen molar-refractivity contribution in [3.8, 4) is 0 Å². The van der Waals surface area contributed by atoms with Crippen molar-refractivity contribution in [2.75, 3.05) is 17.4 Å². The molecule has 0 bridgehead atoms. The molecule has 37 heavy (non-hydrogen) atoms. The summed E-state index contributed by atoms with van der Waals surface area (Å²) in [7, 11) is -4.11. The molecular weight excluding hydrogens is 493 g/mol. The van der Waals surface area contributed by atoms with Crippen LogP contribution in [0.3, 0.4) is 0 Å². The Labute approximate surface area is 218 Å². The predicted octanol–water partition coefficient (Wildman–Crippen LogP) is 4.14. The highest BCUT2D eigenvalue weighted by Crippen LogP contribution is 2.28. The zero-order chi connectivity index (χ0) is 27.0. The molecule has 0 fully saturated rings. The monoisotopic (exact) mass is 525 g/mol. The van der Waals surface area contributed by atoms with Gasteiger partial charge in [0, 0.05) is 13.1 Å². The molecule has 0 unspecified atom stereocenters. The Morgan fingerprint density at radius 3 is 2.16 bits per heavy atom. The lowest BCUT2D eigenvalue weighted by Gasteiger charge is -2.32. The van der Waals surface area contributed by atoms with Crippen molar-refractivity contribution in [3.05, 3.63) is 95.8 Å². The molecule has 0 aliphatic rings. The van der Waals surface area contributed by atoms with Gasteiger partial charge >= 0.3 is 0 Å². The number of amides is 2. The molecule has 1 atom stereocenters. The Morgan fingerprint density at radius 2 is 1.54 bits per heavy atom. The molecule has 0 aliphatic heterocycles. The quantitative estimate of drug-likeness (QED) is 0.408. The molecular formula is C28H32FN3O4S. The molecule has 196 valence electrons. The zero-order valence-electron chi connectivity index (χ0n) is 21.2. The summed E-state index contributed by atoms with van der Waals surface area (Å²) in [6.45, 7) is 5.13. The molecule has 1 N–H and O–H groups in total. The van der Waals surface area contributed by atoms with E-state index in [2.05, 4.69) is 5.32 Å². The van der Waals surface area contributed by atoms with Gasteiger partial charge in [-0.15, -0.1) is 0 Å². The Morgan fingerprint density at radius 1 is 0.919 bits per heavy atom. The summed E-state index contributed by atoms with van der Waals surface area (Å²) in [5.74, 6) is -1.35. The molecule has 0 saturated heterocycles. The van der Waals surface area contributed by atoms with E-state index < -0.39 is 34.3 Å². The lowest BCUT2D eigenvalue weighted by molar-refractivity contribution is -0.139. The van der Waals surface area contributed by atoms with Crippen molar-refractivity contribution < 1.29 is 22.4 Å². The average molecular weight is 526 g/mol. The van der Waals surface area contributed by atoms with Gasteiger partial charge in [0.25, 0.3) is 10.0 Å². The molecule has 0 radical (unpaired) electrons. The van der Waals surface area contributed by atoms with E-state index in [1.54, 1.807) is 44.2 Å². The molecule has 3 aromatic carbocycles. The van der Waals surface area contributed by atoms with Gasteiger partial charge in [-0.25, -0.2) is 12.8 Å². The van der Waals surface area contributed by atoms with Gasteiger partial charge in [0.2, 0.25) is 11.8 Å². The average Bonchev–Trinajstić information content (AvgIpc) is 2.91. The topological polar surface area (TPSA) is 86.8 Å². The summed E-state index contributed by atoms with van der Waals surface area (Å²) in [5, 5.41) is 2.71. The summed E-state index contributed by atoms with van der Waals surface area (Å²) >= 11 is 0. The number of rotatable bonds is 11. The number of hydrogen-bond acceptors (Lipinski definition) is 4. The molecule has 3 aromatic rings. The van der Waals surface area contributed by atoms with Crippen LogP contribution in [0.25, 0.3) is 0 Å². The number of halogens is 1. The minimum atomic E-state index is -4.11. The number of carbonyl (C=O) groups is 2. The number of carbonyl (C=O) groups excluding carboxylic acids is 2. The summed E-state index contributed by atoms with van der Waals surface area (Å²) in [5.41, 5.74) is 1.77. The number of likely N-dealkylation sites (N-methyl/N-ethyl adjacent to an activating group) is 1. The van der Waals surface area contributed by atoms with Gasteiger partial charge in [0.05, 0.1) is 10.6 Å². The van der Waals surface area contributed by atoms with Crippen LogP contribution in [0, 0.1) is 5.82 Å². The van der Waals surface area contributed by atoms with Crippen molar-refractivity contribution in [2.45, 2.75) is 44.7 Å². The number of benzene rings is 3. The summed E-state index contributed by atoms with van der Waals surface area (Å²) in [4.78, 5) is 27.9.